The van der Waals surface area contributed by atoms with Crippen LogP contribution in [0.5, 0.6) is 0 Å². The minimum atomic E-state index is -0.214. The van der Waals surface area contributed by atoms with Gasteiger partial charge in [0.25, 0.3) is 11.8 Å². The Labute approximate surface area is 169 Å². The van der Waals surface area contributed by atoms with Crippen LogP contribution in [0.3, 0.4) is 0 Å². The molecule has 2 heterocycles. The number of fused-ring (bicyclic) bond motifs is 1. The van der Waals surface area contributed by atoms with Crippen molar-refractivity contribution in [3.05, 3.63) is 69.5 Å². The summed E-state index contributed by atoms with van der Waals surface area (Å²) in [6, 6.07) is 12.7. The van der Waals surface area contributed by atoms with Gasteiger partial charge in [-0.2, -0.15) is 4.98 Å². The predicted molar refractivity (Wildman–Crippen MR) is 106 cm³/mol. The normalized spacial score (nSPS) is 12.9. The molecule has 3 aromatic rings. The molecule has 0 saturated carbocycles. The SMILES string of the molecule is Cc1nc(-c2cccc(C(=O)NCCN3Cc4ccc(Br)cc4C3=O)c2)no1. The summed E-state index contributed by atoms with van der Waals surface area (Å²) in [4.78, 5) is 30.8. The van der Waals surface area contributed by atoms with Crippen molar-refractivity contribution in [3.8, 4) is 11.4 Å². The standard InChI is InChI=1S/C20H17BrN4O3/c1-12-23-18(24-28-12)13-3-2-4-14(9-13)19(26)22-7-8-25-11-15-5-6-16(21)10-17(15)20(25)27/h2-6,9-10H,7-8,11H2,1H3,(H,22,26). The van der Waals surface area contributed by atoms with Gasteiger partial charge < -0.3 is 14.7 Å². The molecular formula is C20H17BrN4O3. The highest BCUT2D eigenvalue weighted by Gasteiger charge is 2.27. The maximum atomic E-state index is 12.5. The Morgan fingerprint density at radius 2 is 2.14 bits per heavy atom. The highest BCUT2D eigenvalue weighted by molar-refractivity contribution is 9.10. The lowest BCUT2D eigenvalue weighted by Crippen LogP contribution is -2.35. The van der Waals surface area contributed by atoms with Crippen molar-refractivity contribution in [2.75, 3.05) is 13.1 Å². The van der Waals surface area contributed by atoms with E-state index in [-0.39, 0.29) is 11.8 Å². The third kappa shape index (κ3) is 3.68. The molecule has 0 bridgehead atoms. The summed E-state index contributed by atoms with van der Waals surface area (Å²) in [7, 11) is 0. The van der Waals surface area contributed by atoms with Gasteiger partial charge in [0.05, 0.1) is 0 Å². The average molecular weight is 441 g/mol. The van der Waals surface area contributed by atoms with E-state index in [4.69, 9.17) is 4.52 Å². The zero-order valence-corrected chi connectivity index (χ0v) is 16.7. The van der Waals surface area contributed by atoms with Crippen molar-refractivity contribution in [1.82, 2.24) is 20.4 Å². The van der Waals surface area contributed by atoms with E-state index in [1.165, 1.54) is 0 Å². The van der Waals surface area contributed by atoms with Gasteiger partial charge in [0.15, 0.2) is 0 Å². The van der Waals surface area contributed by atoms with Gasteiger partial charge >= 0.3 is 0 Å². The van der Waals surface area contributed by atoms with Crippen LogP contribution in [0.25, 0.3) is 11.4 Å². The second-order valence-electron chi connectivity index (χ2n) is 6.50. The fourth-order valence-corrected chi connectivity index (χ4v) is 3.50. The van der Waals surface area contributed by atoms with Crippen LogP contribution in [0.2, 0.25) is 0 Å². The number of rotatable bonds is 5. The van der Waals surface area contributed by atoms with Gasteiger partial charge in [-0.1, -0.05) is 39.3 Å². The first-order chi connectivity index (χ1) is 13.5. The van der Waals surface area contributed by atoms with E-state index in [1.54, 1.807) is 30.0 Å². The van der Waals surface area contributed by atoms with E-state index in [2.05, 4.69) is 31.4 Å². The third-order valence-corrected chi connectivity index (χ3v) is 5.02. The number of nitrogens with zero attached hydrogens (tertiary/aromatic N) is 3. The highest BCUT2D eigenvalue weighted by Crippen LogP contribution is 2.25. The van der Waals surface area contributed by atoms with Crippen molar-refractivity contribution in [1.29, 1.82) is 0 Å². The molecule has 2 amide bonds. The van der Waals surface area contributed by atoms with Gasteiger partial charge in [0.1, 0.15) is 0 Å². The number of carbonyl (C=O) groups is 2. The first-order valence-corrected chi connectivity index (χ1v) is 9.57. The number of benzene rings is 2. The third-order valence-electron chi connectivity index (χ3n) is 4.53. The van der Waals surface area contributed by atoms with Crippen LogP contribution >= 0.6 is 15.9 Å². The number of hydrogen-bond donors (Lipinski definition) is 1. The summed E-state index contributed by atoms with van der Waals surface area (Å²) in [5.74, 6) is 0.681. The van der Waals surface area contributed by atoms with E-state index in [0.717, 1.165) is 10.0 Å². The van der Waals surface area contributed by atoms with Gasteiger partial charge in [-0.15, -0.1) is 0 Å². The second-order valence-corrected chi connectivity index (χ2v) is 7.42. The van der Waals surface area contributed by atoms with Crippen molar-refractivity contribution >= 4 is 27.7 Å². The highest BCUT2D eigenvalue weighted by atomic mass is 79.9. The van der Waals surface area contributed by atoms with Gasteiger partial charge in [-0.25, -0.2) is 0 Å². The van der Waals surface area contributed by atoms with Gasteiger partial charge in [-0.05, 0) is 29.8 Å². The minimum Gasteiger partial charge on any atom is -0.350 e. The lowest BCUT2D eigenvalue weighted by atomic mass is 10.1. The number of nitrogens with one attached hydrogen (secondary N) is 1. The zero-order valence-electron chi connectivity index (χ0n) is 15.1. The molecule has 1 N–H and O–H groups in total. The number of aromatic nitrogens is 2. The van der Waals surface area contributed by atoms with Crippen LogP contribution in [0.4, 0.5) is 0 Å². The van der Waals surface area contributed by atoms with E-state index in [0.29, 0.717) is 48.0 Å². The molecule has 1 aromatic heterocycles. The van der Waals surface area contributed by atoms with Gasteiger partial charge in [-0.3, -0.25) is 9.59 Å². The largest absolute Gasteiger partial charge is 0.350 e. The van der Waals surface area contributed by atoms with Crippen LogP contribution in [0.1, 0.15) is 32.2 Å². The Kier molecular flexibility index (Phi) is 4.95. The van der Waals surface area contributed by atoms with Crippen molar-refractivity contribution in [3.63, 3.8) is 0 Å². The molecule has 0 saturated heterocycles. The number of amides is 2. The zero-order chi connectivity index (χ0) is 19.7. The molecule has 2 aromatic carbocycles. The molecule has 0 radical (unpaired) electrons. The molecule has 0 aliphatic carbocycles. The van der Waals surface area contributed by atoms with Crippen molar-refractivity contribution < 1.29 is 14.1 Å². The van der Waals surface area contributed by atoms with E-state index in [1.807, 2.05) is 24.3 Å². The van der Waals surface area contributed by atoms with Crippen LogP contribution < -0.4 is 5.32 Å². The molecule has 28 heavy (non-hydrogen) atoms. The smallest absolute Gasteiger partial charge is 0.254 e. The molecule has 7 nitrogen and oxygen atoms in total. The maximum Gasteiger partial charge on any atom is 0.254 e. The Morgan fingerprint density at radius 1 is 1.29 bits per heavy atom. The molecule has 1 aliphatic heterocycles. The monoisotopic (exact) mass is 440 g/mol. The Balaban J connectivity index is 1.36. The van der Waals surface area contributed by atoms with E-state index in [9.17, 15) is 9.59 Å². The summed E-state index contributed by atoms with van der Waals surface area (Å²) < 4.78 is 5.86. The molecule has 0 fully saturated rings. The quantitative estimate of drug-likeness (QED) is 0.657. The minimum absolute atomic E-state index is 0.0139. The van der Waals surface area contributed by atoms with Crippen LogP contribution in [0, 0.1) is 6.92 Å². The Hall–Kier alpha value is -3.00. The number of carbonyl (C=O) groups excluding carboxylic acids is 2. The van der Waals surface area contributed by atoms with Gasteiger partial charge in [0.2, 0.25) is 11.7 Å². The molecule has 0 atom stereocenters. The number of hydrogen-bond acceptors (Lipinski definition) is 5. The summed E-state index contributed by atoms with van der Waals surface area (Å²) in [5, 5.41) is 6.73. The van der Waals surface area contributed by atoms with Gasteiger partial charge in [0, 0.05) is 47.7 Å². The van der Waals surface area contributed by atoms with Crippen LogP contribution in [-0.2, 0) is 6.54 Å². The molecule has 0 spiro atoms. The summed E-state index contributed by atoms with van der Waals surface area (Å²) in [6.07, 6.45) is 0. The fraction of sp³-hybridized carbons (Fsp3) is 0.200. The Morgan fingerprint density at radius 3 is 2.93 bits per heavy atom. The van der Waals surface area contributed by atoms with E-state index >= 15 is 0 Å². The predicted octanol–water partition coefficient (Wildman–Crippen LogP) is 3.19. The second kappa shape index (κ2) is 7.55. The molecule has 8 heteroatoms. The topological polar surface area (TPSA) is 88.3 Å². The molecule has 142 valence electrons. The lowest BCUT2D eigenvalue weighted by Gasteiger charge is -2.16. The van der Waals surface area contributed by atoms with Crippen molar-refractivity contribution in [2.24, 2.45) is 0 Å². The number of halogens is 1. The fourth-order valence-electron chi connectivity index (χ4n) is 3.14. The molecule has 4 rings (SSSR count). The first kappa shape index (κ1) is 18.4. The first-order valence-electron chi connectivity index (χ1n) is 8.78. The summed E-state index contributed by atoms with van der Waals surface area (Å²) >= 11 is 3.39. The van der Waals surface area contributed by atoms with Crippen LogP contribution in [0.15, 0.2) is 51.5 Å². The molecular weight excluding hydrogens is 424 g/mol. The molecule has 0 unspecified atom stereocenters. The summed E-state index contributed by atoms with van der Waals surface area (Å²) in [5.41, 5.74) is 2.92. The van der Waals surface area contributed by atoms with Crippen LogP contribution in [-0.4, -0.2) is 39.9 Å². The maximum absolute atomic E-state index is 12.5. The summed E-state index contributed by atoms with van der Waals surface area (Å²) in [6.45, 7) is 3.08. The average Bonchev–Trinajstić information content (AvgIpc) is 3.26. The van der Waals surface area contributed by atoms with E-state index < -0.39 is 0 Å². The lowest BCUT2D eigenvalue weighted by molar-refractivity contribution is 0.0770. The Bertz CT molecular complexity index is 1060. The number of aryl methyl sites for hydroxylation is 1. The molecule has 1 aliphatic rings. The van der Waals surface area contributed by atoms with Crippen molar-refractivity contribution in [2.45, 2.75) is 13.5 Å².